The highest BCUT2D eigenvalue weighted by atomic mass is 35.5. The minimum absolute atomic E-state index is 0.0519. The Morgan fingerprint density at radius 2 is 2.06 bits per heavy atom. The van der Waals surface area contributed by atoms with Gasteiger partial charge in [-0.3, -0.25) is 24.5 Å². The summed E-state index contributed by atoms with van der Waals surface area (Å²) in [5.74, 6) is -9.78. The molecule has 0 spiro atoms. The number of rotatable bonds is 5. The molecule has 32 heavy (non-hydrogen) atoms. The van der Waals surface area contributed by atoms with E-state index in [1.54, 1.807) is 0 Å². The average molecular weight is 468 g/mol. The third-order valence-electron chi connectivity index (χ3n) is 4.93. The fraction of sp³-hybridized carbons (Fsp3) is 0.273. The summed E-state index contributed by atoms with van der Waals surface area (Å²) in [6.07, 6.45) is -2.34. The van der Waals surface area contributed by atoms with Crippen molar-refractivity contribution in [2.75, 3.05) is 0 Å². The second kappa shape index (κ2) is 8.31. The molecule has 1 fully saturated rings. The zero-order chi connectivity index (χ0) is 28.4. The first-order chi connectivity index (χ1) is 17.5. The van der Waals surface area contributed by atoms with Crippen LogP contribution < -0.4 is 10.6 Å². The van der Waals surface area contributed by atoms with Crippen LogP contribution in [0, 0.1) is 0 Å². The first kappa shape index (κ1) is 15.5. The SMILES string of the molecule is [2H]C1C[C@]([2H])(N2Cc3cc(C([2H])([2H])N([2H])C(=O)C(F)(F)c4ccc(Cl)cc4)ccc3C2=O)C(=O)N([2H])C1=O. The number of hydrogen-bond donors (Lipinski definition) is 2. The van der Waals surface area contributed by atoms with Crippen LogP contribution >= 0.6 is 11.6 Å². The van der Waals surface area contributed by atoms with Gasteiger partial charge in [-0.1, -0.05) is 35.9 Å². The number of alkyl halides is 2. The number of fused-ring (bicyclic) bond motifs is 1. The largest absolute Gasteiger partial charge is 0.349 e. The quantitative estimate of drug-likeness (QED) is 0.660. The Labute approximate surface area is 195 Å². The molecule has 2 aliphatic rings. The number of nitrogens with zero attached hydrogens (tertiary/aromatic N) is 1. The minimum Gasteiger partial charge on any atom is -0.346 e. The lowest BCUT2D eigenvalue weighted by atomic mass is 10.0. The van der Waals surface area contributed by atoms with E-state index in [-0.39, 0.29) is 21.5 Å². The van der Waals surface area contributed by atoms with E-state index in [0.29, 0.717) is 0 Å². The van der Waals surface area contributed by atoms with Gasteiger partial charge >= 0.3 is 5.92 Å². The van der Waals surface area contributed by atoms with Gasteiger partial charge in [0.25, 0.3) is 11.8 Å². The average Bonchev–Trinajstić information content (AvgIpc) is 3.22. The number of carbonyl (C=O) groups is 4. The molecule has 7 nitrogen and oxygen atoms in total. The van der Waals surface area contributed by atoms with Gasteiger partial charge in [-0.2, -0.15) is 8.78 Å². The van der Waals surface area contributed by atoms with Gasteiger partial charge in [-0.25, -0.2) is 0 Å². The highest BCUT2D eigenvalue weighted by Crippen LogP contribution is 2.30. The molecule has 1 saturated heterocycles. The zero-order valence-electron chi connectivity index (χ0n) is 22.1. The topological polar surface area (TPSA) is 95.6 Å². The van der Waals surface area contributed by atoms with E-state index in [1.165, 1.54) is 0 Å². The van der Waals surface area contributed by atoms with E-state index in [1.807, 2.05) is 0 Å². The molecule has 2 aromatic carbocycles. The number of nitrogens with one attached hydrogen (secondary N) is 2. The van der Waals surface area contributed by atoms with E-state index >= 15 is 0 Å². The molecule has 2 N–H and O–H groups in total. The fourth-order valence-corrected chi connectivity index (χ4v) is 3.41. The second-order valence-electron chi connectivity index (χ2n) is 6.98. The van der Waals surface area contributed by atoms with Gasteiger partial charge in [-0.15, -0.1) is 0 Å². The number of carbonyl (C=O) groups excluding carboxylic acids is 4. The Bertz CT molecular complexity index is 1370. The molecule has 1 unspecified atom stereocenters. The highest BCUT2D eigenvalue weighted by Gasteiger charge is 2.41. The fourth-order valence-electron chi connectivity index (χ4n) is 3.28. The van der Waals surface area contributed by atoms with Gasteiger partial charge in [0.15, 0.2) is 2.82 Å². The normalized spacial score (nSPS) is 26.5. The maximum atomic E-state index is 14.8. The van der Waals surface area contributed by atoms with Crippen molar-refractivity contribution in [3.8, 4) is 0 Å². The van der Waals surface area contributed by atoms with Crippen molar-refractivity contribution in [2.45, 2.75) is 37.8 Å². The lowest BCUT2D eigenvalue weighted by molar-refractivity contribution is -0.147. The Hall–Kier alpha value is -3.33. The lowest BCUT2D eigenvalue weighted by Gasteiger charge is -2.29. The summed E-state index contributed by atoms with van der Waals surface area (Å²) in [4.78, 5) is 50.5. The highest BCUT2D eigenvalue weighted by molar-refractivity contribution is 6.30. The second-order valence-corrected chi connectivity index (χ2v) is 7.42. The Balaban J connectivity index is 1.62. The van der Waals surface area contributed by atoms with Crippen molar-refractivity contribution in [2.24, 2.45) is 0 Å². The van der Waals surface area contributed by atoms with Crippen molar-refractivity contribution >= 4 is 35.2 Å². The van der Waals surface area contributed by atoms with E-state index in [9.17, 15) is 28.0 Å². The molecule has 0 aromatic heterocycles. The van der Waals surface area contributed by atoms with Crippen LogP contribution in [-0.2, 0) is 33.3 Å². The monoisotopic (exact) mass is 467 g/mol. The van der Waals surface area contributed by atoms with Crippen molar-refractivity contribution in [1.82, 2.24) is 15.5 Å². The lowest BCUT2D eigenvalue weighted by Crippen LogP contribution is -2.52. The van der Waals surface area contributed by atoms with Crippen LogP contribution in [0.4, 0.5) is 8.78 Å². The number of benzene rings is 2. The molecule has 4 amide bonds. The number of imide groups is 1. The maximum absolute atomic E-state index is 14.8. The molecule has 2 heterocycles. The Kier molecular flexibility index (Phi) is 4.02. The van der Waals surface area contributed by atoms with E-state index < -0.39 is 77.9 Å². The number of piperidine rings is 1. The van der Waals surface area contributed by atoms with Gasteiger partial charge in [0, 0.05) is 37.0 Å². The molecule has 0 radical (unpaired) electrons. The van der Waals surface area contributed by atoms with Crippen molar-refractivity contribution in [3.63, 3.8) is 0 Å². The summed E-state index contributed by atoms with van der Waals surface area (Å²) < 4.78 is 77.8. The molecule has 2 aromatic rings. The molecular formula is C22H18ClF2N3O4. The number of amides is 4. The molecular weight excluding hydrogens is 444 g/mol. The first-order valence-electron chi connectivity index (χ1n) is 12.2. The Morgan fingerprint density at radius 1 is 1.34 bits per heavy atom. The van der Waals surface area contributed by atoms with Crippen molar-refractivity contribution < 1.29 is 36.3 Å². The molecule has 10 heteroatoms. The van der Waals surface area contributed by atoms with Crippen LogP contribution in [0.2, 0.25) is 7.85 Å². The number of hydrogen-bond acceptors (Lipinski definition) is 4. The van der Waals surface area contributed by atoms with E-state index in [0.717, 1.165) is 47.4 Å². The Morgan fingerprint density at radius 3 is 2.78 bits per heavy atom. The molecule has 0 saturated carbocycles. The molecule has 0 bridgehead atoms. The minimum atomic E-state index is -4.27. The number of halogens is 3. The van der Waals surface area contributed by atoms with Gasteiger partial charge in [-0.05, 0) is 35.7 Å². The smallest absolute Gasteiger partial charge is 0.346 e. The van der Waals surface area contributed by atoms with Crippen LogP contribution in [0.5, 0.6) is 0 Å². The van der Waals surface area contributed by atoms with Crippen LogP contribution in [0.15, 0.2) is 42.5 Å². The van der Waals surface area contributed by atoms with E-state index in [4.69, 9.17) is 19.9 Å². The maximum Gasteiger partial charge on any atom is 0.349 e. The molecule has 0 aliphatic carbocycles. The first-order valence-corrected chi connectivity index (χ1v) is 9.63. The van der Waals surface area contributed by atoms with Crippen LogP contribution in [0.3, 0.4) is 0 Å². The predicted octanol–water partition coefficient (Wildman–Crippen LogP) is 2.51. The zero-order valence-corrected chi connectivity index (χ0v) is 16.9. The summed E-state index contributed by atoms with van der Waals surface area (Å²) in [6.45, 7) is -3.57. The molecule has 4 rings (SSSR count). The summed E-state index contributed by atoms with van der Waals surface area (Å²) in [6, 6.07) is 4.64. The van der Waals surface area contributed by atoms with Crippen LogP contribution in [0.25, 0.3) is 0 Å². The molecule has 2 aliphatic heterocycles. The molecule has 166 valence electrons. The summed E-state index contributed by atoms with van der Waals surface area (Å²) in [5.41, 5.74) is -1.27. The van der Waals surface area contributed by atoms with Crippen LogP contribution in [-0.4, -0.2) is 34.5 Å². The third kappa shape index (κ3) is 4.08. The molecule has 2 atom stereocenters. The summed E-state index contributed by atoms with van der Waals surface area (Å²) in [7, 11) is 0. The third-order valence-corrected chi connectivity index (χ3v) is 5.18. The van der Waals surface area contributed by atoms with Gasteiger partial charge < -0.3 is 10.2 Å². The van der Waals surface area contributed by atoms with Crippen molar-refractivity contribution in [1.29, 1.82) is 0 Å². The standard InChI is InChI=1S/C22H18ClF2N3O4/c23-15-4-2-14(3-5-15)22(24,25)21(32)26-10-12-1-6-16-13(9-12)11-28(20(16)31)17-7-8-18(29)27-19(17)30/h1-6,9,17H,7-8,10-11H2,(H,26,32)(H,27,29,30)/t17-/m0/s1/i8D,10D2,17D/hD2/t8?,17-. The van der Waals surface area contributed by atoms with Crippen LogP contribution in [0.1, 0.15) is 45.3 Å². The van der Waals surface area contributed by atoms with Gasteiger partial charge in [0.05, 0.1) is 4.11 Å². The van der Waals surface area contributed by atoms with Crippen molar-refractivity contribution in [3.05, 3.63) is 69.7 Å². The van der Waals surface area contributed by atoms with E-state index in [2.05, 4.69) is 0 Å². The van der Waals surface area contributed by atoms with Gasteiger partial charge in [0.2, 0.25) is 11.8 Å². The predicted molar refractivity (Wildman–Crippen MR) is 110 cm³/mol. The summed E-state index contributed by atoms with van der Waals surface area (Å²) in [5, 5.41) is -0.525. The van der Waals surface area contributed by atoms with Gasteiger partial charge in [0.1, 0.15) is 6.02 Å². The summed E-state index contributed by atoms with van der Waals surface area (Å²) >= 11 is 5.68.